The number of carbonyl (C=O) groups excluding carboxylic acids is 1. The molecule has 19 heavy (non-hydrogen) atoms. The highest BCUT2D eigenvalue weighted by molar-refractivity contribution is 7.12. The maximum Gasteiger partial charge on any atom is 0.248 e. The average molecular weight is 268 g/mol. The molecule has 3 nitrogen and oxygen atoms in total. The predicted octanol–water partition coefficient (Wildman–Crippen LogP) is 3.58. The predicted molar refractivity (Wildman–Crippen MR) is 77.9 cm³/mol. The van der Waals surface area contributed by atoms with Gasteiger partial charge < -0.3 is 5.32 Å². The van der Waals surface area contributed by atoms with Gasteiger partial charge in [0.1, 0.15) is 0 Å². The van der Waals surface area contributed by atoms with Crippen molar-refractivity contribution in [3.63, 3.8) is 0 Å². The average Bonchev–Trinajstić information content (AvgIpc) is 2.82. The van der Waals surface area contributed by atoms with Crippen LogP contribution in [-0.4, -0.2) is 5.91 Å². The third kappa shape index (κ3) is 3.80. The largest absolute Gasteiger partial charge is 0.322 e. The Bertz CT molecular complexity index is 665. The summed E-state index contributed by atoms with van der Waals surface area (Å²) in [5, 5.41) is 11.5. The van der Waals surface area contributed by atoms with Crippen LogP contribution in [0.1, 0.15) is 15.3 Å². The first kappa shape index (κ1) is 13.1. The highest BCUT2D eigenvalue weighted by atomic mass is 32.1. The van der Waals surface area contributed by atoms with Crippen LogP contribution < -0.4 is 5.32 Å². The van der Waals surface area contributed by atoms with Crippen molar-refractivity contribution in [3.8, 4) is 6.07 Å². The number of nitrogens with zero attached hydrogens (tertiary/aromatic N) is 1. The molecule has 1 aromatic heterocycles. The zero-order valence-electron chi connectivity index (χ0n) is 10.4. The van der Waals surface area contributed by atoms with Crippen LogP contribution in [0.3, 0.4) is 0 Å². The molecule has 1 amide bonds. The summed E-state index contributed by atoms with van der Waals surface area (Å²) in [6, 6.07) is 12.8. The van der Waals surface area contributed by atoms with Crippen molar-refractivity contribution in [3.05, 3.63) is 57.8 Å². The van der Waals surface area contributed by atoms with Gasteiger partial charge in [-0.25, -0.2) is 0 Å². The maximum atomic E-state index is 11.7. The van der Waals surface area contributed by atoms with Crippen LogP contribution in [-0.2, 0) is 4.79 Å². The van der Waals surface area contributed by atoms with Gasteiger partial charge in [0.25, 0.3) is 0 Å². The van der Waals surface area contributed by atoms with E-state index in [1.807, 2.05) is 25.1 Å². The monoisotopic (exact) mass is 268 g/mol. The number of thiophene rings is 1. The van der Waals surface area contributed by atoms with E-state index in [1.165, 1.54) is 11.0 Å². The van der Waals surface area contributed by atoms with Crippen molar-refractivity contribution in [1.29, 1.82) is 5.26 Å². The molecule has 0 atom stereocenters. The number of benzene rings is 1. The molecule has 1 heterocycles. The summed E-state index contributed by atoms with van der Waals surface area (Å²) in [5.74, 6) is -0.207. The lowest BCUT2D eigenvalue weighted by molar-refractivity contribution is -0.111. The third-order valence-corrected chi connectivity index (χ3v) is 3.39. The Balaban J connectivity index is 2.01. The van der Waals surface area contributed by atoms with Crippen molar-refractivity contribution in [1.82, 2.24) is 0 Å². The lowest BCUT2D eigenvalue weighted by Gasteiger charge is -2.01. The minimum Gasteiger partial charge on any atom is -0.322 e. The van der Waals surface area contributed by atoms with Crippen LogP contribution in [0.25, 0.3) is 6.08 Å². The summed E-state index contributed by atoms with van der Waals surface area (Å²) in [7, 11) is 0. The van der Waals surface area contributed by atoms with E-state index in [-0.39, 0.29) is 5.91 Å². The first-order valence-corrected chi connectivity index (χ1v) is 6.55. The summed E-state index contributed by atoms with van der Waals surface area (Å²) in [4.78, 5) is 14.0. The number of nitrogens with one attached hydrogen (secondary N) is 1. The summed E-state index contributed by atoms with van der Waals surface area (Å²) in [5.41, 5.74) is 1.15. The van der Waals surface area contributed by atoms with Crippen LogP contribution in [0.15, 0.2) is 42.5 Å². The van der Waals surface area contributed by atoms with Gasteiger partial charge in [-0.3, -0.25) is 4.79 Å². The second-order valence-electron chi connectivity index (χ2n) is 3.96. The van der Waals surface area contributed by atoms with E-state index in [0.29, 0.717) is 11.3 Å². The van der Waals surface area contributed by atoms with Gasteiger partial charge in [-0.2, -0.15) is 5.26 Å². The zero-order valence-corrected chi connectivity index (χ0v) is 11.2. The molecule has 0 saturated heterocycles. The fourth-order valence-electron chi connectivity index (χ4n) is 1.55. The van der Waals surface area contributed by atoms with E-state index >= 15 is 0 Å². The molecule has 4 heteroatoms. The molecular weight excluding hydrogens is 256 g/mol. The number of rotatable bonds is 3. The number of nitriles is 1. The van der Waals surface area contributed by atoms with Crippen molar-refractivity contribution >= 4 is 29.0 Å². The van der Waals surface area contributed by atoms with Gasteiger partial charge in [0.15, 0.2) is 0 Å². The van der Waals surface area contributed by atoms with E-state index in [4.69, 9.17) is 5.26 Å². The van der Waals surface area contributed by atoms with Crippen molar-refractivity contribution in [2.24, 2.45) is 0 Å². The molecule has 0 saturated carbocycles. The smallest absolute Gasteiger partial charge is 0.248 e. The summed E-state index contributed by atoms with van der Waals surface area (Å²) in [6.07, 6.45) is 3.27. The van der Waals surface area contributed by atoms with E-state index in [0.717, 1.165) is 4.88 Å². The van der Waals surface area contributed by atoms with E-state index in [2.05, 4.69) is 5.32 Å². The molecule has 2 aromatic rings. The standard InChI is InChI=1S/C15H12N2OS/c1-11-5-6-14(19-11)7-8-15(18)17-13-4-2-3-12(9-13)10-16/h2-9H,1H3,(H,17,18)/b8-7+. The first-order valence-electron chi connectivity index (χ1n) is 5.73. The molecule has 0 aliphatic heterocycles. The molecule has 0 bridgehead atoms. The fraction of sp³-hybridized carbons (Fsp3) is 0.0667. The second kappa shape index (κ2) is 5.98. The molecule has 1 aromatic carbocycles. The second-order valence-corrected chi connectivity index (χ2v) is 5.28. The molecule has 0 unspecified atom stereocenters. The molecule has 0 aliphatic rings. The zero-order chi connectivity index (χ0) is 13.7. The number of carbonyl (C=O) groups is 1. The normalized spacial score (nSPS) is 10.3. The van der Waals surface area contributed by atoms with Gasteiger partial charge in [0, 0.05) is 21.5 Å². The van der Waals surface area contributed by atoms with Gasteiger partial charge in [-0.05, 0) is 43.3 Å². The van der Waals surface area contributed by atoms with Gasteiger partial charge in [-0.1, -0.05) is 6.07 Å². The fourth-order valence-corrected chi connectivity index (χ4v) is 2.33. The Hall–Kier alpha value is -2.38. The molecule has 0 spiro atoms. The molecule has 94 valence electrons. The van der Waals surface area contributed by atoms with Crippen molar-refractivity contribution < 1.29 is 4.79 Å². The van der Waals surface area contributed by atoms with Crippen LogP contribution in [0.2, 0.25) is 0 Å². The quantitative estimate of drug-likeness (QED) is 0.865. The lowest BCUT2D eigenvalue weighted by atomic mass is 10.2. The number of hydrogen-bond donors (Lipinski definition) is 1. The Kier molecular flexibility index (Phi) is 4.11. The number of hydrogen-bond acceptors (Lipinski definition) is 3. The summed E-state index contributed by atoms with van der Waals surface area (Å²) in [6.45, 7) is 2.02. The molecule has 0 aliphatic carbocycles. The number of aryl methyl sites for hydroxylation is 1. The Morgan fingerprint density at radius 3 is 2.89 bits per heavy atom. The lowest BCUT2D eigenvalue weighted by Crippen LogP contribution is -2.07. The molecule has 1 N–H and O–H groups in total. The van der Waals surface area contributed by atoms with Crippen LogP contribution in [0.5, 0.6) is 0 Å². The number of anilines is 1. The van der Waals surface area contributed by atoms with Crippen LogP contribution in [0.4, 0.5) is 5.69 Å². The maximum absolute atomic E-state index is 11.7. The minimum absolute atomic E-state index is 0.207. The Labute approximate surface area is 115 Å². The van der Waals surface area contributed by atoms with E-state index < -0.39 is 0 Å². The van der Waals surface area contributed by atoms with Gasteiger partial charge in [0.2, 0.25) is 5.91 Å². The Morgan fingerprint density at radius 2 is 2.21 bits per heavy atom. The van der Waals surface area contributed by atoms with Crippen molar-refractivity contribution in [2.75, 3.05) is 5.32 Å². The van der Waals surface area contributed by atoms with Crippen LogP contribution in [0, 0.1) is 18.3 Å². The highest BCUT2D eigenvalue weighted by Crippen LogP contribution is 2.16. The van der Waals surface area contributed by atoms with Gasteiger partial charge >= 0.3 is 0 Å². The number of amides is 1. The molecular formula is C15H12N2OS. The summed E-state index contributed by atoms with van der Waals surface area (Å²) >= 11 is 1.63. The topological polar surface area (TPSA) is 52.9 Å². The van der Waals surface area contributed by atoms with Gasteiger partial charge in [-0.15, -0.1) is 11.3 Å². The molecule has 0 fully saturated rings. The first-order chi connectivity index (χ1) is 9.17. The van der Waals surface area contributed by atoms with Crippen LogP contribution >= 0.6 is 11.3 Å². The minimum atomic E-state index is -0.207. The van der Waals surface area contributed by atoms with Crippen molar-refractivity contribution in [2.45, 2.75) is 6.92 Å². The molecule has 0 radical (unpaired) electrons. The van der Waals surface area contributed by atoms with E-state index in [9.17, 15) is 4.79 Å². The Morgan fingerprint density at radius 1 is 1.37 bits per heavy atom. The van der Waals surface area contributed by atoms with Gasteiger partial charge in [0.05, 0.1) is 11.6 Å². The summed E-state index contributed by atoms with van der Waals surface area (Å²) < 4.78 is 0. The highest BCUT2D eigenvalue weighted by Gasteiger charge is 1.99. The SMILES string of the molecule is Cc1ccc(/C=C/C(=O)Nc2cccc(C#N)c2)s1. The molecule has 2 rings (SSSR count). The van der Waals surface area contributed by atoms with E-state index in [1.54, 1.807) is 41.7 Å². The third-order valence-electron chi connectivity index (χ3n) is 2.42.